The van der Waals surface area contributed by atoms with Gasteiger partial charge in [-0.15, -0.1) is 0 Å². The van der Waals surface area contributed by atoms with Crippen molar-refractivity contribution in [2.75, 3.05) is 19.8 Å². The van der Waals surface area contributed by atoms with Gasteiger partial charge in [0.05, 0.1) is 18.6 Å². The zero-order valence-electron chi connectivity index (χ0n) is 24.3. The normalized spacial score (nSPS) is 46.7. The largest absolute Gasteiger partial charge is 0.461 e. The van der Waals surface area contributed by atoms with Gasteiger partial charge in [-0.3, -0.25) is 4.79 Å². The third-order valence-electron chi connectivity index (χ3n) is 13.0. The van der Waals surface area contributed by atoms with Crippen molar-refractivity contribution in [3.8, 4) is 0 Å². The Kier molecular flexibility index (Phi) is 6.67. The van der Waals surface area contributed by atoms with Crippen LogP contribution in [0.1, 0.15) is 92.9 Å². The fourth-order valence-corrected chi connectivity index (χ4v) is 10.6. The average Bonchev–Trinajstić information content (AvgIpc) is 3.12. The summed E-state index contributed by atoms with van der Waals surface area (Å²) in [5.41, 5.74) is -0.0210. The van der Waals surface area contributed by atoms with Crippen molar-refractivity contribution in [1.29, 1.82) is 0 Å². The van der Waals surface area contributed by atoms with E-state index in [1.807, 2.05) is 0 Å². The zero-order valence-corrected chi connectivity index (χ0v) is 24.3. The van der Waals surface area contributed by atoms with Gasteiger partial charge in [-0.1, -0.05) is 53.2 Å². The molecule has 12 unspecified atom stereocenters. The molecule has 4 saturated carbocycles. The molecule has 4 nitrogen and oxygen atoms in total. The number of epoxide rings is 1. The van der Waals surface area contributed by atoms with Crippen molar-refractivity contribution in [2.45, 2.75) is 105 Å². The van der Waals surface area contributed by atoms with Crippen LogP contribution < -0.4 is 0 Å². The number of esters is 1. The predicted molar refractivity (Wildman–Crippen MR) is 146 cm³/mol. The van der Waals surface area contributed by atoms with Crippen molar-refractivity contribution in [3.63, 3.8) is 0 Å². The maximum atomic E-state index is 14.4. The summed E-state index contributed by atoms with van der Waals surface area (Å²) >= 11 is 0. The highest BCUT2D eigenvalue weighted by Crippen LogP contribution is 2.69. The Labute approximate surface area is 225 Å². The molecular formula is C33H52O4. The van der Waals surface area contributed by atoms with Crippen LogP contribution >= 0.6 is 0 Å². The van der Waals surface area contributed by atoms with Crippen molar-refractivity contribution in [2.24, 2.45) is 63.6 Å². The summed E-state index contributed by atoms with van der Waals surface area (Å²) in [7, 11) is 0. The van der Waals surface area contributed by atoms with Gasteiger partial charge in [0.25, 0.3) is 0 Å². The van der Waals surface area contributed by atoms with Crippen molar-refractivity contribution in [3.05, 3.63) is 12.2 Å². The Morgan fingerprint density at radius 2 is 1.97 bits per heavy atom. The van der Waals surface area contributed by atoms with Crippen LogP contribution in [0.5, 0.6) is 0 Å². The Morgan fingerprint density at radius 1 is 1.19 bits per heavy atom. The van der Waals surface area contributed by atoms with Gasteiger partial charge in [0.15, 0.2) is 0 Å². The molecule has 0 spiro atoms. The van der Waals surface area contributed by atoms with E-state index in [9.17, 15) is 4.79 Å². The number of hydrogen-bond acceptors (Lipinski definition) is 4. The van der Waals surface area contributed by atoms with Crippen LogP contribution in [-0.4, -0.2) is 38.0 Å². The Hall–Kier alpha value is -0.870. The number of rotatable bonds is 11. The van der Waals surface area contributed by atoms with E-state index >= 15 is 0 Å². The molecular weight excluding hydrogens is 460 g/mol. The molecule has 0 aromatic carbocycles. The lowest BCUT2D eigenvalue weighted by Gasteiger charge is -2.48. The zero-order chi connectivity index (χ0) is 26.2. The van der Waals surface area contributed by atoms with Crippen molar-refractivity contribution >= 4 is 5.97 Å². The lowest BCUT2D eigenvalue weighted by molar-refractivity contribution is -0.177. The first kappa shape index (κ1) is 26.4. The summed E-state index contributed by atoms with van der Waals surface area (Å²) in [5.74, 6) is 5.18. The van der Waals surface area contributed by atoms with Crippen LogP contribution in [0.3, 0.4) is 0 Å². The maximum absolute atomic E-state index is 14.4. The molecule has 12 atom stereocenters. The minimum absolute atomic E-state index is 0.0815. The quantitative estimate of drug-likeness (QED) is 0.169. The van der Waals surface area contributed by atoms with Gasteiger partial charge < -0.3 is 14.2 Å². The highest BCUT2D eigenvalue weighted by molar-refractivity contribution is 5.77. The monoisotopic (exact) mass is 512 g/mol. The van der Waals surface area contributed by atoms with E-state index in [1.54, 1.807) is 0 Å². The standard InChI is InChI=1S/C33H52O4/c1-7-12-32(5,30(34)37-28-15-21-11-13-33(28,6)31(21,3)4)29-26(14-20(2)17-35-18-22-19-36-22)25-16-27(29)24-10-8-9-23(24)25/h8,10,20-29H,7,9,11-19H2,1-6H3. The third-order valence-corrected chi connectivity index (χ3v) is 13.0. The first-order valence-corrected chi connectivity index (χ1v) is 15.7. The number of fused-ring (bicyclic) bond motifs is 7. The van der Waals surface area contributed by atoms with E-state index in [2.05, 4.69) is 53.7 Å². The summed E-state index contributed by atoms with van der Waals surface area (Å²) in [4.78, 5) is 14.4. The fourth-order valence-electron chi connectivity index (χ4n) is 10.6. The SMILES string of the molecule is CCCC(C)(C(=O)OC1CC2CCC1(C)C2(C)C)C1C2CC(C3CC=CC32)C1CC(C)COCC1CO1. The predicted octanol–water partition coefficient (Wildman–Crippen LogP) is 7.07. The van der Waals surface area contributed by atoms with E-state index in [4.69, 9.17) is 14.2 Å². The molecule has 0 aromatic heterocycles. The highest BCUT2D eigenvalue weighted by Gasteiger charge is 2.66. The molecule has 0 N–H and O–H groups in total. The van der Waals surface area contributed by atoms with Crippen molar-refractivity contribution in [1.82, 2.24) is 0 Å². The van der Waals surface area contributed by atoms with Gasteiger partial charge in [0.1, 0.15) is 12.2 Å². The molecule has 208 valence electrons. The molecule has 0 radical (unpaired) electrons. The van der Waals surface area contributed by atoms with E-state index in [1.165, 1.54) is 32.1 Å². The van der Waals surface area contributed by atoms with Crippen LogP contribution in [0.4, 0.5) is 0 Å². The number of hydrogen-bond donors (Lipinski definition) is 0. The van der Waals surface area contributed by atoms with E-state index < -0.39 is 5.41 Å². The maximum Gasteiger partial charge on any atom is 0.312 e. The molecule has 37 heavy (non-hydrogen) atoms. The molecule has 1 heterocycles. The molecule has 0 amide bonds. The molecule has 4 heteroatoms. The second-order valence-electron chi connectivity index (χ2n) is 15.2. The first-order chi connectivity index (χ1) is 17.6. The third kappa shape index (κ3) is 4.09. The van der Waals surface area contributed by atoms with Crippen LogP contribution in [0.2, 0.25) is 0 Å². The summed E-state index contributed by atoms with van der Waals surface area (Å²) in [5, 5.41) is 0. The summed E-state index contributed by atoms with van der Waals surface area (Å²) in [6, 6.07) is 0. The van der Waals surface area contributed by atoms with Crippen LogP contribution in [0, 0.1) is 63.6 Å². The second kappa shape index (κ2) is 9.36. The first-order valence-electron chi connectivity index (χ1n) is 15.7. The summed E-state index contributed by atoms with van der Waals surface area (Å²) in [6.45, 7) is 16.5. The Balaban J connectivity index is 1.23. The van der Waals surface area contributed by atoms with E-state index in [0.717, 1.165) is 50.9 Å². The highest BCUT2D eigenvalue weighted by atomic mass is 16.6. The van der Waals surface area contributed by atoms with Gasteiger partial charge in [0, 0.05) is 12.0 Å². The van der Waals surface area contributed by atoms with Gasteiger partial charge in [-0.25, -0.2) is 0 Å². The number of allylic oxidation sites excluding steroid dienone is 2. The van der Waals surface area contributed by atoms with Crippen LogP contribution in [-0.2, 0) is 19.0 Å². The molecule has 6 aliphatic rings. The Morgan fingerprint density at radius 3 is 2.62 bits per heavy atom. The average molecular weight is 513 g/mol. The minimum Gasteiger partial charge on any atom is -0.461 e. The molecule has 1 saturated heterocycles. The van der Waals surface area contributed by atoms with Gasteiger partial charge in [-0.05, 0) is 105 Å². The van der Waals surface area contributed by atoms with Gasteiger partial charge >= 0.3 is 5.97 Å². The van der Waals surface area contributed by atoms with Crippen LogP contribution in [0.15, 0.2) is 12.2 Å². The molecule has 5 fully saturated rings. The number of carbonyl (C=O) groups is 1. The fraction of sp³-hybridized carbons (Fsp3) is 0.909. The lowest BCUT2D eigenvalue weighted by atomic mass is 9.57. The molecule has 6 rings (SSSR count). The molecule has 0 aromatic rings. The number of ether oxygens (including phenoxy) is 3. The minimum atomic E-state index is -0.398. The Bertz CT molecular complexity index is 906. The van der Waals surface area contributed by atoms with E-state index in [-0.39, 0.29) is 22.9 Å². The second-order valence-corrected chi connectivity index (χ2v) is 15.2. The summed E-state index contributed by atoms with van der Waals surface area (Å²) < 4.78 is 18.1. The van der Waals surface area contributed by atoms with Gasteiger partial charge in [-0.2, -0.15) is 0 Å². The molecule has 4 bridgehead atoms. The lowest BCUT2D eigenvalue weighted by Crippen LogP contribution is -2.49. The number of carbonyl (C=O) groups excluding carboxylic acids is 1. The van der Waals surface area contributed by atoms with E-state index in [0.29, 0.717) is 41.6 Å². The van der Waals surface area contributed by atoms with Gasteiger partial charge in [0.2, 0.25) is 0 Å². The topological polar surface area (TPSA) is 48.1 Å². The molecule has 1 aliphatic heterocycles. The smallest absolute Gasteiger partial charge is 0.312 e. The summed E-state index contributed by atoms with van der Waals surface area (Å²) in [6.07, 6.45) is 14.6. The van der Waals surface area contributed by atoms with Crippen molar-refractivity contribution < 1.29 is 19.0 Å². The van der Waals surface area contributed by atoms with Crippen LogP contribution in [0.25, 0.3) is 0 Å². The molecule has 5 aliphatic carbocycles.